The van der Waals surface area contributed by atoms with Crippen molar-refractivity contribution in [1.29, 1.82) is 5.26 Å². The van der Waals surface area contributed by atoms with Crippen molar-refractivity contribution in [3.63, 3.8) is 0 Å². The van der Waals surface area contributed by atoms with Crippen LogP contribution in [0.4, 0.5) is 5.82 Å². The van der Waals surface area contributed by atoms with E-state index in [9.17, 15) is 14.9 Å². The molecule has 0 saturated carbocycles. The zero-order valence-corrected chi connectivity index (χ0v) is 15.7. The Morgan fingerprint density at radius 2 is 1.68 bits per heavy atom. The minimum atomic E-state index is -0.552. The highest BCUT2D eigenvalue weighted by molar-refractivity contribution is 5.51. The van der Waals surface area contributed by atoms with Gasteiger partial charge in [-0.2, -0.15) is 5.26 Å². The standard InChI is InChI=1S/C18H29N5O2/c1-13(2)15(23-9-7-5-6-8-10-23)12-20-16-14(11-19)17(24)22(4)18(25)21(16)3/h13,15,20H,5-10,12H2,1-4H3/t15-/m1/s1. The highest BCUT2D eigenvalue weighted by Crippen LogP contribution is 2.18. The molecule has 0 amide bonds. The van der Waals surface area contributed by atoms with E-state index in [0.29, 0.717) is 24.3 Å². The van der Waals surface area contributed by atoms with Crippen LogP contribution in [0.3, 0.4) is 0 Å². The summed E-state index contributed by atoms with van der Waals surface area (Å²) in [5.74, 6) is 0.746. The third-order valence-corrected chi connectivity index (χ3v) is 5.13. The van der Waals surface area contributed by atoms with Gasteiger partial charge in [0.1, 0.15) is 11.9 Å². The average molecular weight is 347 g/mol. The van der Waals surface area contributed by atoms with Crippen molar-refractivity contribution in [2.75, 3.05) is 25.0 Å². The van der Waals surface area contributed by atoms with Gasteiger partial charge in [0.25, 0.3) is 5.56 Å². The van der Waals surface area contributed by atoms with E-state index in [1.54, 1.807) is 7.05 Å². The second kappa shape index (κ2) is 8.34. The largest absolute Gasteiger partial charge is 0.369 e. The van der Waals surface area contributed by atoms with Gasteiger partial charge >= 0.3 is 5.69 Å². The molecule has 1 aromatic rings. The summed E-state index contributed by atoms with van der Waals surface area (Å²) in [5.41, 5.74) is -0.991. The van der Waals surface area contributed by atoms with E-state index in [1.807, 2.05) is 6.07 Å². The summed E-state index contributed by atoms with van der Waals surface area (Å²) in [6.07, 6.45) is 4.96. The van der Waals surface area contributed by atoms with Crippen molar-refractivity contribution in [2.45, 2.75) is 45.6 Å². The number of nitrogens with one attached hydrogen (secondary N) is 1. The topological polar surface area (TPSA) is 83.1 Å². The van der Waals surface area contributed by atoms with Crippen LogP contribution in [0.25, 0.3) is 0 Å². The molecule has 7 heteroatoms. The van der Waals surface area contributed by atoms with Crippen molar-refractivity contribution in [2.24, 2.45) is 20.0 Å². The van der Waals surface area contributed by atoms with Gasteiger partial charge in [-0.3, -0.25) is 18.8 Å². The Morgan fingerprint density at radius 3 is 2.20 bits per heavy atom. The van der Waals surface area contributed by atoms with E-state index < -0.39 is 11.2 Å². The van der Waals surface area contributed by atoms with Crippen molar-refractivity contribution in [1.82, 2.24) is 14.0 Å². The molecule has 25 heavy (non-hydrogen) atoms. The maximum atomic E-state index is 12.2. The van der Waals surface area contributed by atoms with E-state index in [2.05, 4.69) is 24.1 Å². The van der Waals surface area contributed by atoms with E-state index in [4.69, 9.17) is 0 Å². The van der Waals surface area contributed by atoms with Gasteiger partial charge in [0, 0.05) is 26.7 Å². The first-order valence-corrected chi connectivity index (χ1v) is 9.06. The van der Waals surface area contributed by atoms with Crippen LogP contribution >= 0.6 is 0 Å². The third kappa shape index (κ3) is 4.13. The number of likely N-dealkylation sites (tertiary alicyclic amines) is 1. The second-order valence-corrected chi connectivity index (χ2v) is 7.18. The van der Waals surface area contributed by atoms with Gasteiger partial charge in [0.2, 0.25) is 0 Å². The molecule has 0 radical (unpaired) electrons. The maximum absolute atomic E-state index is 12.2. The summed E-state index contributed by atoms with van der Waals surface area (Å²) in [7, 11) is 2.98. The predicted molar refractivity (Wildman–Crippen MR) is 98.8 cm³/mol. The first kappa shape index (κ1) is 19.3. The lowest BCUT2D eigenvalue weighted by atomic mass is 10.0. The van der Waals surface area contributed by atoms with Gasteiger partial charge in [-0.15, -0.1) is 0 Å². The van der Waals surface area contributed by atoms with Gasteiger partial charge in [-0.25, -0.2) is 4.79 Å². The van der Waals surface area contributed by atoms with Crippen LogP contribution in [0, 0.1) is 17.2 Å². The Bertz CT molecular complexity index is 748. The Morgan fingerprint density at radius 1 is 1.08 bits per heavy atom. The molecule has 1 saturated heterocycles. The first-order chi connectivity index (χ1) is 11.9. The molecule has 1 aromatic heterocycles. The number of aromatic nitrogens is 2. The molecule has 0 bridgehead atoms. The normalized spacial score (nSPS) is 17.1. The molecule has 2 heterocycles. The molecule has 0 unspecified atom stereocenters. The molecule has 1 N–H and O–H groups in total. The fourth-order valence-electron chi connectivity index (χ4n) is 3.57. The summed E-state index contributed by atoms with van der Waals surface area (Å²) in [4.78, 5) is 26.9. The van der Waals surface area contributed by atoms with Crippen molar-refractivity contribution >= 4 is 5.82 Å². The van der Waals surface area contributed by atoms with Crippen LogP contribution in [-0.4, -0.2) is 39.7 Å². The monoisotopic (exact) mass is 347 g/mol. The molecule has 1 atom stereocenters. The number of hydrogen-bond acceptors (Lipinski definition) is 5. The highest BCUT2D eigenvalue weighted by atomic mass is 16.2. The lowest BCUT2D eigenvalue weighted by Crippen LogP contribution is -2.45. The highest BCUT2D eigenvalue weighted by Gasteiger charge is 2.24. The smallest absolute Gasteiger partial charge is 0.332 e. The Hall–Kier alpha value is -2.07. The van der Waals surface area contributed by atoms with Gasteiger partial charge in [-0.05, 0) is 31.8 Å². The number of anilines is 1. The van der Waals surface area contributed by atoms with Crippen LogP contribution in [0.1, 0.15) is 45.1 Å². The number of rotatable bonds is 5. The number of hydrogen-bond donors (Lipinski definition) is 1. The van der Waals surface area contributed by atoms with Crippen LogP contribution in [0.2, 0.25) is 0 Å². The number of nitriles is 1. The summed E-state index contributed by atoms with van der Waals surface area (Å²) in [6, 6.07) is 2.24. The van der Waals surface area contributed by atoms with E-state index in [0.717, 1.165) is 17.7 Å². The quantitative estimate of drug-likeness (QED) is 0.867. The Labute approximate surface area is 148 Å². The molecule has 2 rings (SSSR count). The van der Waals surface area contributed by atoms with E-state index >= 15 is 0 Å². The second-order valence-electron chi connectivity index (χ2n) is 7.18. The lowest BCUT2D eigenvalue weighted by molar-refractivity contribution is 0.169. The fraction of sp³-hybridized carbons (Fsp3) is 0.722. The maximum Gasteiger partial charge on any atom is 0.332 e. The van der Waals surface area contributed by atoms with Crippen LogP contribution in [0.15, 0.2) is 9.59 Å². The van der Waals surface area contributed by atoms with Crippen molar-refractivity contribution < 1.29 is 0 Å². The fourth-order valence-corrected chi connectivity index (χ4v) is 3.57. The molecule has 1 fully saturated rings. The SMILES string of the molecule is CC(C)[C@@H](CNc1c(C#N)c(=O)n(C)c(=O)n1C)N1CCCCCC1. The summed E-state index contributed by atoms with van der Waals surface area (Å²) in [6.45, 7) is 7.13. The molecule has 0 aliphatic carbocycles. The summed E-state index contributed by atoms with van der Waals surface area (Å²) in [5, 5.41) is 12.6. The molecule has 0 spiro atoms. The van der Waals surface area contributed by atoms with Crippen LogP contribution in [0.5, 0.6) is 0 Å². The Balaban J connectivity index is 2.28. The van der Waals surface area contributed by atoms with Gasteiger partial charge in [0.15, 0.2) is 5.56 Å². The zero-order chi connectivity index (χ0) is 18.6. The predicted octanol–water partition coefficient (Wildman–Crippen LogP) is 1.27. The minimum Gasteiger partial charge on any atom is -0.369 e. The third-order valence-electron chi connectivity index (χ3n) is 5.13. The van der Waals surface area contributed by atoms with Crippen molar-refractivity contribution in [3.8, 4) is 6.07 Å². The average Bonchev–Trinajstić information content (AvgIpc) is 2.86. The number of nitrogens with zero attached hydrogens (tertiary/aromatic N) is 4. The summed E-state index contributed by atoms with van der Waals surface area (Å²) < 4.78 is 2.32. The molecule has 7 nitrogen and oxygen atoms in total. The van der Waals surface area contributed by atoms with Gasteiger partial charge < -0.3 is 5.32 Å². The first-order valence-electron chi connectivity index (χ1n) is 9.06. The molecule has 1 aliphatic rings. The van der Waals surface area contributed by atoms with Crippen molar-refractivity contribution in [3.05, 3.63) is 26.4 Å². The van der Waals surface area contributed by atoms with E-state index in [-0.39, 0.29) is 5.56 Å². The van der Waals surface area contributed by atoms with Crippen LogP contribution in [-0.2, 0) is 14.1 Å². The van der Waals surface area contributed by atoms with Gasteiger partial charge in [-0.1, -0.05) is 26.7 Å². The minimum absolute atomic E-state index is 0.0111. The molecule has 1 aliphatic heterocycles. The van der Waals surface area contributed by atoms with E-state index in [1.165, 1.54) is 37.3 Å². The van der Waals surface area contributed by atoms with Crippen LogP contribution < -0.4 is 16.6 Å². The zero-order valence-electron chi connectivity index (χ0n) is 15.7. The summed E-state index contributed by atoms with van der Waals surface area (Å²) >= 11 is 0. The van der Waals surface area contributed by atoms with Gasteiger partial charge in [0.05, 0.1) is 0 Å². The Kier molecular flexibility index (Phi) is 6.43. The molecule has 0 aromatic carbocycles. The molecular formula is C18H29N5O2. The molecular weight excluding hydrogens is 318 g/mol. The lowest BCUT2D eigenvalue weighted by Gasteiger charge is -2.34. The molecule has 138 valence electrons.